The molecule has 5 aromatic rings. The van der Waals surface area contributed by atoms with Crippen LogP contribution in [0.4, 0.5) is 19.0 Å². The molecule has 4 aromatic heterocycles. The minimum atomic E-state index is -4.77. The summed E-state index contributed by atoms with van der Waals surface area (Å²) in [5, 5.41) is 13.0. The first-order valence-corrected chi connectivity index (χ1v) is 12.5. The van der Waals surface area contributed by atoms with Gasteiger partial charge in [-0.2, -0.15) is 23.4 Å². The number of alkyl halides is 3. The number of rotatable bonds is 5. The van der Waals surface area contributed by atoms with Gasteiger partial charge in [0.2, 0.25) is 0 Å². The number of benzene rings is 1. The Kier molecular flexibility index (Phi) is 6.65. The number of hydrogen-bond donors (Lipinski definition) is 1. The van der Waals surface area contributed by atoms with Gasteiger partial charge in [0.05, 0.1) is 17.1 Å². The molecule has 0 unspecified atom stereocenters. The summed E-state index contributed by atoms with van der Waals surface area (Å²) in [6.45, 7) is 2.00. The molecule has 0 radical (unpaired) electrons. The van der Waals surface area contributed by atoms with E-state index in [-0.39, 0.29) is 28.7 Å². The molecule has 5 rings (SSSR count). The van der Waals surface area contributed by atoms with E-state index in [2.05, 4.69) is 20.5 Å². The molecule has 0 spiro atoms. The molecule has 0 fully saturated rings. The fraction of sp³-hybridized carbons (Fsp3) is 0.130. The molecule has 37 heavy (non-hydrogen) atoms. The lowest BCUT2D eigenvalue weighted by Gasteiger charge is -2.10. The molecule has 0 atom stereocenters. The number of aryl methyl sites for hydroxylation is 1. The van der Waals surface area contributed by atoms with Gasteiger partial charge in [-0.05, 0) is 36.6 Å². The highest BCUT2D eigenvalue weighted by molar-refractivity contribution is 7.13. The number of carbonyl (C=O) groups is 1. The van der Waals surface area contributed by atoms with Gasteiger partial charge in [0.25, 0.3) is 5.91 Å². The van der Waals surface area contributed by atoms with E-state index in [9.17, 15) is 18.0 Å². The van der Waals surface area contributed by atoms with Crippen LogP contribution in [-0.2, 0) is 12.7 Å². The lowest BCUT2D eigenvalue weighted by Crippen LogP contribution is -2.16. The number of fused-ring (bicyclic) bond motifs is 1. The molecule has 1 amide bonds. The molecule has 14 heteroatoms. The molecular formula is C23H14Cl3F3N6OS. The molecule has 1 N–H and O–H groups in total. The maximum atomic E-state index is 13.9. The van der Waals surface area contributed by atoms with Gasteiger partial charge in [0, 0.05) is 27.4 Å². The molecule has 190 valence electrons. The number of thiophene rings is 1. The van der Waals surface area contributed by atoms with E-state index in [1.807, 2.05) is 0 Å². The van der Waals surface area contributed by atoms with Crippen molar-refractivity contribution < 1.29 is 18.0 Å². The molecular weight excluding hydrogens is 572 g/mol. The predicted octanol–water partition coefficient (Wildman–Crippen LogP) is 7.24. The number of nitrogens with zero attached hydrogens (tertiary/aromatic N) is 5. The second-order valence-electron chi connectivity index (χ2n) is 7.88. The van der Waals surface area contributed by atoms with Crippen LogP contribution in [0.2, 0.25) is 15.1 Å². The van der Waals surface area contributed by atoms with Crippen molar-refractivity contribution in [3.05, 3.63) is 85.6 Å². The Labute approximate surface area is 226 Å². The van der Waals surface area contributed by atoms with Crippen molar-refractivity contribution in [3.63, 3.8) is 0 Å². The van der Waals surface area contributed by atoms with Crippen LogP contribution >= 0.6 is 46.1 Å². The number of hydrogen-bond acceptors (Lipinski definition) is 5. The lowest BCUT2D eigenvalue weighted by atomic mass is 10.2. The van der Waals surface area contributed by atoms with Crippen LogP contribution in [0.1, 0.15) is 27.4 Å². The summed E-state index contributed by atoms with van der Waals surface area (Å²) in [7, 11) is 0. The van der Waals surface area contributed by atoms with Crippen LogP contribution in [0.15, 0.2) is 47.8 Å². The van der Waals surface area contributed by atoms with E-state index >= 15 is 0 Å². The summed E-state index contributed by atoms with van der Waals surface area (Å²) in [5.74, 6) is -0.705. The first kappa shape index (κ1) is 25.5. The minimum Gasteiger partial charge on any atom is -0.304 e. The highest BCUT2D eigenvalue weighted by atomic mass is 35.5. The van der Waals surface area contributed by atoms with E-state index in [0.717, 1.165) is 6.07 Å². The summed E-state index contributed by atoms with van der Waals surface area (Å²) < 4.78 is 43.7. The molecule has 0 saturated heterocycles. The second kappa shape index (κ2) is 9.64. The Hall–Kier alpha value is -3.12. The average molecular weight is 586 g/mol. The van der Waals surface area contributed by atoms with Gasteiger partial charge in [-0.1, -0.05) is 46.9 Å². The fourth-order valence-corrected chi connectivity index (χ4v) is 5.08. The zero-order chi connectivity index (χ0) is 26.5. The second-order valence-corrected chi connectivity index (χ2v) is 10.0. The Morgan fingerprint density at radius 1 is 1.08 bits per heavy atom. The van der Waals surface area contributed by atoms with Crippen molar-refractivity contribution in [2.75, 3.05) is 5.32 Å². The first-order chi connectivity index (χ1) is 17.5. The summed E-state index contributed by atoms with van der Waals surface area (Å²) in [6.07, 6.45) is -4.77. The Bertz CT molecular complexity index is 1630. The number of carbonyl (C=O) groups excluding carboxylic acids is 1. The monoisotopic (exact) mass is 584 g/mol. The predicted molar refractivity (Wildman–Crippen MR) is 137 cm³/mol. The fourth-order valence-electron chi connectivity index (χ4n) is 3.63. The highest BCUT2D eigenvalue weighted by Crippen LogP contribution is 2.35. The van der Waals surface area contributed by atoms with Gasteiger partial charge in [0.15, 0.2) is 22.9 Å². The average Bonchev–Trinajstić information content (AvgIpc) is 3.55. The Morgan fingerprint density at radius 3 is 2.46 bits per heavy atom. The van der Waals surface area contributed by atoms with Gasteiger partial charge in [-0.15, -0.1) is 11.3 Å². The van der Waals surface area contributed by atoms with Crippen molar-refractivity contribution in [2.24, 2.45) is 0 Å². The Balaban J connectivity index is 1.48. The summed E-state index contributed by atoms with van der Waals surface area (Å²) in [5.41, 5.74) is -0.446. The summed E-state index contributed by atoms with van der Waals surface area (Å²) in [4.78, 5) is 17.7. The van der Waals surface area contributed by atoms with Crippen molar-refractivity contribution in [2.45, 2.75) is 19.6 Å². The maximum absolute atomic E-state index is 13.9. The number of nitrogens with one attached hydrogen (secondary N) is 1. The van der Waals surface area contributed by atoms with Crippen LogP contribution in [0.3, 0.4) is 0 Å². The van der Waals surface area contributed by atoms with E-state index in [1.165, 1.54) is 11.3 Å². The molecule has 4 heterocycles. The van der Waals surface area contributed by atoms with Crippen molar-refractivity contribution >= 4 is 63.5 Å². The van der Waals surface area contributed by atoms with E-state index in [4.69, 9.17) is 34.8 Å². The van der Waals surface area contributed by atoms with E-state index in [1.54, 1.807) is 53.4 Å². The standard InChI is InChI=1S/C23H14Cl3F3N6OS/c1-11-8-18(32-34(11)10-12-13(24)4-2-5-14(12)25)31-22(36)20-19(26)21-30-15(16-6-3-7-37-16)9-17(23(27,28)29)35(21)33-20/h2-9H,10H2,1H3,(H,31,32,36). The third-order valence-electron chi connectivity index (χ3n) is 5.40. The van der Waals surface area contributed by atoms with Crippen molar-refractivity contribution in [3.8, 4) is 10.6 Å². The largest absolute Gasteiger partial charge is 0.433 e. The smallest absolute Gasteiger partial charge is 0.304 e. The van der Waals surface area contributed by atoms with Crippen LogP contribution in [0, 0.1) is 6.92 Å². The van der Waals surface area contributed by atoms with Crippen LogP contribution in [0.25, 0.3) is 16.2 Å². The molecule has 0 bridgehead atoms. The Morgan fingerprint density at radius 2 is 1.81 bits per heavy atom. The number of anilines is 1. The maximum Gasteiger partial charge on any atom is 0.433 e. The SMILES string of the molecule is Cc1cc(NC(=O)c2nn3c(C(F)(F)F)cc(-c4cccs4)nc3c2Cl)nn1Cc1c(Cl)cccc1Cl. The van der Waals surface area contributed by atoms with Gasteiger partial charge < -0.3 is 5.32 Å². The third-order valence-corrected chi connectivity index (χ3v) is 7.35. The van der Waals surface area contributed by atoms with Crippen molar-refractivity contribution in [1.82, 2.24) is 24.4 Å². The molecule has 0 saturated carbocycles. The van der Waals surface area contributed by atoms with E-state index in [0.29, 0.717) is 30.7 Å². The number of amides is 1. The highest BCUT2D eigenvalue weighted by Gasteiger charge is 2.37. The van der Waals surface area contributed by atoms with Crippen molar-refractivity contribution in [1.29, 1.82) is 0 Å². The van der Waals surface area contributed by atoms with E-state index < -0.39 is 23.5 Å². The van der Waals surface area contributed by atoms with Crippen LogP contribution in [-0.4, -0.2) is 30.3 Å². The van der Waals surface area contributed by atoms with Gasteiger partial charge >= 0.3 is 6.18 Å². The zero-order valence-corrected chi connectivity index (χ0v) is 21.7. The van der Waals surface area contributed by atoms with Crippen LogP contribution in [0.5, 0.6) is 0 Å². The number of halogens is 6. The molecule has 7 nitrogen and oxygen atoms in total. The van der Waals surface area contributed by atoms with Crippen LogP contribution < -0.4 is 5.32 Å². The quantitative estimate of drug-likeness (QED) is 0.236. The first-order valence-electron chi connectivity index (χ1n) is 10.5. The lowest BCUT2D eigenvalue weighted by molar-refractivity contribution is -0.142. The zero-order valence-electron chi connectivity index (χ0n) is 18.6. The van der Waals surface area contributed by atoms with Gasteiger partial charge in [-0.3, -0.25) is 9.48 Å². The third kappa shape index (κ3) is 4.91. The molecule has 0 aliphatic carbocycles. The number of aromatic nitrogens is 5. The summed E-state index contributed by atoms with van der Waals surface area (Å²) >= 11 is 20.0. The molecule has 1 aromatic carbocycles. The van der Waals surface area contributed by atoms with Gasteiger partial charge in [-0.25, -0.2) is 9.50 Å². The topological polar surface area (TPSA) is 77.1 Å². The molecule has 0 aliphatic rings. The minimum absolute atomic E-state index is 0.0659. The normalized spacial score (nSPS) is 11.9. The van der Waals surface area contributed by atoms with Gasteiger partial charge in [0.1, 0.15) is 5.02 Å². The molecule has 0 aliphatic heterocycles. The summed E-state index contributed by atoms with van der Waals surface area (Å²) in [6, 6.07) is 10.9.